The Balaban J connectivity index is 4.78. The summed E-state index contributed by atoms with van der Waals surface area (Å²) >= 11 is 1.34. The van der Waals surface area contributed by atoms with Crippen molar-refractivity contribution in [1.29, 1.82) is 0 Å². The van der Waals surface area contributed by atoms with E-state index in [2.05, 4.69) is 43.6 Å². The summed E-state index contributed by atoms with van der Waals surface area (Å²) in [7, 11) is 0. The molecule has 1 unspecified atom stereocenters. The lowest BCUT2D eigenvalue weighted by Crippen LogP contribution is -2.53. The van der Waals surface area contributed by atoms with E-state index in [0.717, 1.165) is 25.7 Å². The molecule has 210 valence electrons. The van der Waals surface area contributed by atoms with Gasteiger partial charge in [0.15, 0.2) is 0 Å². The highest BCUT2D eigenvalue weighted by Crippen LogP contribution is 2.13. The lowest BCUT2D eigenvalue weighted by atomic mass is 10.1. The minimum Gasteiger partial charge on any atom is -0.481 e. The van der Waals surface area contributed by atoms with Crippen LogP contribution in [0.2, 0.25) is 0 Å². The number of hydrogen-bond donors (Lipinski definition) is 4. The molecule has 0 aliphatic carbocycles. The fourth-order valence-corrected chi connectivity index (χ4v) is 4.01. The molecule has 10 heteroatoms. The number of ether oxygens (including phenoxy) is 1. The predicted molar refractivity (Wildman–Crippen MR) is 148 cm³/mol. The molecule has 0 saturated carbocycles. The number of alkyl carbamates (subject to hydrolysis) is 1. The van der Waals surface area contributed by atoms with Crippen LogP contribution >= 0.6 is 11.8 Å². The molecule has 0 bridgehead atoms. The zero-order valence-corrected chi connectivity index (χ0v) is 24.0. The molecule has 0 spiro atoms. The van der Waals surface area contributed by atoms with Gasteiger partial charge in [-0.05, 0) is 74.1 Å². The summed E-state index contributed by atoms with van der Waals surface area (Å²) in [5.41, 5.74) is 3.04. The zero-order valence-electron chi connectivity index (χ0n) is 23.2. The number of nitrogens with one attached hydrogen (secondary N) is 2. The van der Waals surface area contributed by atoms with E-state index in [4.69, 9.17) is 9.84 Å². The van der Waals surface area contributed by atoms with Crippen molar-refractivity contribution in [3.63, 3.8) is 0 Å². The van der Waals surface area contributed by atoms with E-state index < -0.39 is 48.0 Å². The Labute approximate surface area is 225 Å². The number of carboxylic acid groups (broad SMARTS) is 2. The Morgan fingerprint density at radius 3 is 1.95 bits per heavy atom. The maximum absolute atomic E-state index is 12.6. The first-order valence-corrected chi connectivity index (χ1v) is 13.5. The number of carbonyl (C=O) groups is 4. The van der Waals surface area contributed by atoms with Crippen molar-refractivity contribution in [3.8, 4) is 0 Å². The van der Waals surface area contributed by atoms with Crippen LogP contribution in [-0.2, 0) is 19.1 Å². The van der Waals surface area contributed by atoms with Crippen LogP contribution in [0.1, 0.15) is 80.6 Å². The SMILES string of the molecule is CC(C)=CCC/C(C)=C/CC/C(C)=C/CSC[C@H](NC(=O)C(CC(=O)O)NC(=O)OC(C)(C)C)C(=O)O. The molecule has 2 atom stereocenters. The maximum atomic E-state index is 12.6. The molecule has 0 aliphatic rings. The smallest absolute Gasteiger partial charge is 0.408 e. The Morgan fingerprint density at radius 2 is 1.43 bits per heavy atom. The highest BCUT2D eigenvalue weighted by atomic mass is 32.2. The lowest BCUT2D eigenvalue weighted by Gasteiger charge is -2.23. The summed E-state index contributed by atoms with van der Waals surface area (Å²) in [5, 5.41) is 23.1. The second-order valence-electron chi connectivity index (χ2n) is 10.2. The average molecular weight is 541 g/mol. The molecule has 0 aromatic carbocycles. The third kappa shape index (κ3) is 19.1. The predicted octanol–water partition coefficient (Wildman–Crippen LogP) is 5.08. The minimum atomic E-state index is -1.47. The Bertz CT molecular complexity index is 868. The number of allylic oxidation sites excluding steroid dienone is 5. The van der Waals surface area contributed by atoms with Gasteiger partial charge in [-0.2, -0.15) is 11.8 Å². The van der Waals surface area contributed by atoms with E-state index >= 15 is 0 Å². The first-order valence-electron chi connectivity index (χ1n) is 12.4. The summed E-state index contributed by atoms with van der Waals surface area (Å²) in [6.07, 6.45) is 8.79. The van der Waals surface area contributed by atoms with E-state index in [1.165, 1.54) is 28.5 Å². The van der Waals surface area contributed by atoms with Gasteiger partial charge in [0.1, 0.15) is 17.7 Å². The first kappa shape index (κ1) is 34.2. The Hall–Kier alpha value is -2.75. The fraction of sp³-hybridized carbons (Fsp3) is 0.630. The molecule has 0 aromatic heterocycles. The number of amides is 2. The van der Waals surface area contributed by atoms with E-state index in [1.807, 2.05) is 13.0 Å². The van der Waals surface area contributed by atoms with E-state index in [1.54, 1.807) is 20.8 Å². The van der Waals surface area contributed by atoms with Crippen LogP contribution in [0, 0.1) is 0 Å². The molecule has 0 heterocycles. The molecule has 4 N–H and O–H groups in total. The van der Waals surface area contributed by atoms with Gasteiger partial charge in [0.05, 0.1) is 6.42 Å². The van der Waals surface area contributed by atoms with Crippen LogP contribution in [0.5, 0.6) is 0 Å². The van der Waals surface area contributed by atoms with Gasteiger partial charge in [-0.3, -0.25) is 9.59 Å². The minimum absolute atomic E-state index is 0.0838. The average Bonchev–Trinajstić information content (AvgIpc) is 2.73. The molecular formula is C27H44N2O7S. The number of aliphatic carboxylic acids is 2. The normalized spacial score (nSPS) is 13.8. The van der Waals surface area contributed by atoms with Crippen LogP contribution in [0.15, 0.2) is 34.9 Å². The summed E-state index contributed by atoms with van der Waals surface area (Å²) in [6, 6.07) is -2.71. The second kappa shape index (κ2) is 17.7. The van der Waals surface area contributed by atoms with Crippen LogP contribution in [0.25, 0.3) is 0 Å². The van der Waals surface area contributed by atoms with Gasteiger partial charge in [-0.1, -0.05) is 34.9 Å². The third-order valence-electron chi connectivity index (χ3n) is 4.96. The highest BCUT2D eigenvalue weighted by Gasteiger charge is 2.29. The molecule has 2 amide bonds. The van der Waals surface area contributed by atoms with E-state index in [9.17, 15) is 24.3 Å². The quantitative estimate of drug-likeness (QED) is 0.157. The van der Waals surface area contributed by atoms with Crippen molar-refractivity contribution in [2.75, 3.05) is 11.5 Å². The monoisotopic (exact) mass is 540 g/mol. The van der Waals surface area contributed by atoms with Crippen LogP contribution < -0.4 is 10.6 Å². The number of carbonyl (C=O) groups excluding carboxylic acids is 2. The van der Waals surface area contributed by atoms with Crippen molar-refractivity contribution in [2.45, 2.75) is 98.3 Å². The molecule has 0 rings (SSSR count). The highest BCUT2D eigenvalue weighted by molar-refractivity contribution is 7.99. The van der Waals surface area contributed by atoms with Gasteiger partial charge in [-0.15, -0.1) is 0 Å². The van der Waals surface area contributed by atoms with Gasteiger partial charge >= 0.3 is 18.0 Å². The van der Waals surface area contributed by atoms with Gasteiger partial charge < -0.3 is 25.6 Å². The zero-order chi connectivity index (χ0) is 28.6. The molecule has 0 aliphatic heterocycles. The third-order valence-corrected chi connectivity index (χ3v) is 5.93. The summed E-state index contributed by atoms with van der Waals surface area (Å²) in [6.45, 7) is 13.2. The van der Waals surface area contributed by atoms with Crippen LogP contribution in [-0.4, -0.2) is 63.3 Å². The van der Waals surface area contributed by atoms with E-state index in [-0.39, 0.29) is 5.75 Å². The lowest BCUT2D eigenvalue weighted by molar-refractivity contribution is -0.142. The standard InChI is InChI=1S/C27H44N2O7S/c1-18(2)10-8-11-19(3)12-9-13-20(4)14-15-37-17-22(25(33)34)28-24(32)21(16-23(30)31)29-26(35)36-27(5,6)7/h10,12,14,21-22H,8-9,11,13,15-17H2,1-7H3,(H,28,32)(H,29,35)(H,30,31)(H,33,34)/b19-12+,20-14+/t21?,22-/m0/s1. The van der Waals surface area contributed by atoms with Gasteiger partial charge in [0.25, 0.3) is 0 Å². The van der Waals surface area contributed by atoms with Crippen molar-refractivity contribution in [3.05, 3.63) is 34.9 Å². The molecule has 0 saturated heterocycles. The first-order chi connectivity index (χ1) is 17.1. The number of hydrogen-bond acceptors (Lipinski definition) is 6. The fourth-order valence-electron chi connectivity index (χ4n) is 3.01. The second-order valence-corrected chi connectivity index (χ2v) is 11.3. The summed E-state index contributed by atoms with van der Waals surface area (Å²) in [5.74, 6) is -2.82. The van der Waals surface area contributed by atoms with Crippen molar-refractivity contribution in [1.82, 2.24) is 10.6 Å². The topological polar surface area (TPSA) is 142 Å². The van der Waals surface area contributed by atoms with Gasteiger partial charge in [0.2, 0.25) is 5.91 Å². The van der Waals surface area contributed by atoms with Crippen molar-refractivity contribution >= 4 is 35.7 Å². The number of thioether (sulfide) groups is 1. The molecule has 37 heavy (non-hydrogen) atoms. The number of rotatable bonds is 16. The largest absolute Gasteiger partial charge is 0.481 e. The van der Waals surface area contributed by atoms with Crippen molar-refractivity contribution in [2.24, 2.45) is 0 Å². The molecular weight excluding hydrogens is 496 g/mol. The van der Waals surface area contributed by atoms with Crippen molar-refractivity contribution < 1.29 is 34.1 Å². The van der Waals surface area contributed by atoms with Crippen LogP contribution in [0.4, 0.5) is 4.79 Å². The Kier molecular flexibility index (Phi) is 16.3. The molecule has 0 fully saturated rings. The van der Waals surface area contributed by atoms with Crippen LogP contribution in [0.3, 0.4) is 0 Å². The number of carboxylic acids is 2. The Morgan fingerprint density at radius 1 is 0.865 bits per heavy atom. The molecule has 9 nitrogen and oxygen atoms in total. The van der Waals surface area contributed by atoms with Gasteiger partial charge in [-0.25, -0.2) is 9.59 Å². The molecule has 0 aromatic rings. The summed E-state index contributed by atoms with van der Waals surface area (Å²) < 4.78 is 5.07. The molecule has 0 radical (unpaired) electrons. The summed E-state index contributed by atoms with van der Waals surface area (Å²) in [4.78, 5) is 47.4. The van der Waals surface area contributed by atoms with E-state index in [0.29, 0.717) is 5.75 Å². The maximum Gasteiger partial charge on any atom is 0.408 e. The van der Waals surface area contributed by atoms with Gasteiger partial charge in [0, 0.05) is 11.5 Å².